The highest BCUT2D eigenvalue weighted by atomic mass is 79.9. The van der Waals surface area contributed by atoms with E-state index >= 15 is 13.2 Å². The molecule has 3 aromatic carbocycles. The van der Waals surface area contributed by atoms with Gasteiger partial charge in [-0.2, -0.15) is 13.2 Å². The van der Waals surface area contributed by atoms with E-state index in [4.69, 9.17) is 30.8 Å². The Kier molecular flexibility index (Phi) is 10.1. The van der Waals surface area contributed by atoms with Crippen molar-refractivity contribution in [2.24, 2.45) is 4.99 Å². The maximum absolute atomic E-state index is 15.0. The van der Waals surface area contributed by atoms with Crippen LogP contribution in [0.4, 0.5) is 19.0 Å². The first-order valence-corrected chi connectivity index (χ1v) is 18.0. The van der Waals surface area contributed by atoms with Gasteiger partial charge in [-0.1, -0.05) is 35.9 Å². The van der Waals surface area contributed by atoms with Crippen LogP contribution in [0.25, 0.3) is 17.1 Å². The molecule has 0 aliphatic carbocycles. The fourth-order valence-corrected chi connectivity index (χ4v) is 7.77. The predicted octanol–water partition coefficient (Wildman–Crippen LogP) is 7.78. The van der Waals surface area contributed by atoms with Crippen molar-refractivity contribution in [2.45, 2.75) is 32.7 Å². The molecule has 7 rings (SSSR count). The fourth-order valence-electron chi connectivity index (χ4n) is 6.18. The van der Waals surface area contributed by atoms with Crippen molar-refractivity contribution >= 4 is 50.5 Å². The van der Waals surface area contributed by atoms with Gasteiger partial charge in [0.1, 0.15) is 46.4 Å². The number of hydrogen-bond acceptors (Lipinski definition) is 10. The topological polar surface area (TPSA) is 84.3 Å². The summed E-state index contributed by atoms with van der Waals surface area (Å²) in [6.07, 6.45) is -1.51. The minimum Gasteiger partial charge on any atom is -0.497 e. The lowest BCUT2D eigenvalue weighted by atomic mass is 9.99. The van der Waals surface area contributed by atoms with Gasteiger partial charge in [0, 0.05) is 24.9 Å². The molecule has 0 fully saturated rings. The van der Waals surface area contributed by atoms with Crippen molar-refractivity contribution in [2.75, 3.05) is 25.8 Å². The second-order valence-electron chi connectivity index (χ2n) is 12.0. The summed E-state index contributed by atoms with van der Waals surface area (Å²) < 4.78 is 62.5. The Balaban J connectivity index is 1.39. The molecule has 15 heteroatoms. The van der Waals surface area contributed by atoms with E-state index in [0.717, 1.165) is 20.6 Å². The number of aromatic nitrogens is 2. The zero-order valence-electron chi connectivity index (χ0n) is 28.1. The van der Waals surface area contributed by atoms with Crippen LogP contribution in [0.5, 0.6) is 17.2 Å². The Morgan fingerprint density at radius 3 is 2.25 bits per heavy atom. The van der Waals surface area contributed by atoms with Crippen LogP contribution in [0, 0.1) is 6.92 Å². The summed E-state index contributed by atoms with van der Waals surface area (Å²) in [5.74, 6) is 2.65. The van der Waals surface area contributed by atoms with Gasteiger partial charge >= 0.3 is 6.18 Å². The van der Waals surface area contributed by atoms with Crippen molar-refractivity contribution in [3.05, 3.63) is 126 Å². The van der Waals surface area contributed by atoms with Gasteiger partial charge in [0.2, 0.25) is 0 Å². The summed E-state index contributed by atoms with van der Waals surface area (Å²) in [5, 5.41) is 4.17. The minimum absolute atomic E-state index is 0.00500. The highest BCUT2D eigenvalue weighted by molar-refractivity contribution is 9.10. The van der Waals surface area contributed by atoms with Gasteiger partial charge in [-0.25, -0.2) is 9.97 Å². The molecule has 0 unspecified atom stereocenters. The number of halogens is 5. The van der Waals surface area contributed by atoms with Gasteiger partial charge in [0.25, 0.3) is 0 Å². The van der Waals surface area contributed by atoms with Crippen molar-refractivity contribution in [3.8, 4) is 28.5 Å². The van der Waals surface area contributed by atoms with E-state index in [1.807, 2.05) is 58.3 Å². The number of anilines is 1. The second-order valence-corrected chi connectivity index (χ2v) is 14.0. The molecule has 2 aromatic heterocycles. The molecule has 4 heterocycles. The minimum atomic E-state index is -4.75. The van der Waals surface area contributed by atoms with Crippen molar-refractivity contribution < 1.29 is 27.4 Å². The van der Waals surface area contributed by atoms with Crippen LogP contribution in [0.1, 0.15) is 27.1 Å². The Labute approximate surface area is 314 Å². The van der Waals surface area contributed by atoms with Crippen LogP contribution in [0.3, 0.4) is 0 Å². The van der Waals surface area contributed by atoms with Crippen LogP contribution in [-0.2, 0) is 25.8 Å². The van der Waals surface area contributed by atoms with Gasteiger partial charge in [-0.15, -0.1) is 11.3 Å². The number of pyridine rings is 1. The highest BCUT2D eigenvalue weighted by Crippen LogP contribution is 2.42. The van der Waals surface area contributed by atoms with Gasteiger partial charge in [0.05, 0.1) is 58.0 Å². The van der Waals surface area contributed by atoms with E-state index in [0.29, 0.717) is 53.3 Å². The standard InChI is InChI=1S/C37H31BrClF3N6O3S/c1-21-14-29(48(16-22-4-8-24(49-2)9-5-22)17-23-6-10-25(50-3)11-7-23)46-33(31(21)37(40,41)42)26-15-27-30-34(32(26)39)43-19-44-36(30)47(12-13-51-27)18-28-35(38)45-20-52-28/h4-15,20,44H,16-19H2,1-3H3. The van der Waals surface area contributed by atoms with Gasteiger partial charge in [-0.05, 0) is 75.9 Å². The van der Waals surface area contributed by atoms with Crippen LogP contribution < -0.4 is 35.0 Å². The van der Waals surface area contributed by atoms with E-state index in [-0.39, 0.29) is 34.3 Å². The first-order chi connectivity index (χ1) is 25.0. The fraction of sp³-hybridized carbons (Fsp3) is 0.216. The van der Waals surface area contributed by atoms with Crippen molar-refractivity contribution in [1.29, 1.82) is 0 Å². The van der Waals surface area contributed by atoms with Crippen molar-refractivity contribution in [1.82, 2.24) is 20.2 Å². The number of hydrogen-bond donors (Lipinski definition) is 1. The number of thiazole rings is 1. The van der Waals surface area contributed by atoms with Gasteiger partial charge < -0.3 is 29.3 Å². The molecule has 0 atom stereocenters. The predicted molar refractivity (Wildman–Crippen MR) is 198 cm³/mol. The summed E-state index contributed by atoms with van der Waals surface area (Å²) in [6.45, 7) is 2.72. The quantitative estimate of drug-likeness (QED) is 0.153. The third-order valence-electron chi connectivity index (χ3n) is 8.68. The lowest BCUT2D eigenvalue weighted by molar-refractivity contribution is -0.137. The molecule has 5 aromatic rings. The number of nitrogens with zero attached hydrogens (tertiary/aromatic N) is 5. The van der Waals surface area contributed by atoms with Crippen LogP contribution >= 0.6 is 38.9 Å². The van der Waals surface area contributed by atoms with Crippen LogP contribution in [0.2, 0.25) is 5.02 Å². The maximum Gasteiger partial charge on any atom is 0.418 e. The van der Waals surface area contributed by atoms with E-state index < -0.39 is 11.7 Å². The van der Waals surface area contributed by atoms with Gasteiger partial charge in [-0.3, -0.25) is 4.99 Å². The van der Waals surface area contributed by atoms with Crippen molar-refractivity contribution in [3.63, 3.8) is 0 Å². The molecule has 2 aliphatic heterocycles. The molecule has 2 aliphatic rings. The third-order valence-corrected chi connectivity index (χ3v) is 10.8. The lowest BCUT2D eigenvalue weighted by Gasteiger charge is -2.27. The average Bonchev–Trinajstić information content (AvgIpc) is 3.45. The maximum atomic E-state index is 15.0. The highest BCUT2D eigenvalue weighted by Gasteiger charge is 2.38. The molecule has 52 heavy (non-hydrogen) atoms. The number of benzene rings is 3. The van der Waals surface area contributed by atoms with E-state index in [9.17, 15) is 0 Å². The summed E-state index contributed by atoms with van der Waals surface area (Å²) in [7, 11) is 3.18. The molecule has 0 spiro atoms. The number of rotatable bonds is 10. The number of alkyl halides is 3. The zero-order valence-corrected chi connectivity index (χ0v) is 31.3. The summed E-state index contributed by atoms with van der Waals surface area (Å²) >= 11 is 12.1. The number of methoxy groups -OCH3 is 2. The first kappa shape index (κ1) is 35.6. The normalized spacial score (nSPS) is 13.5. The molecule has 0 saturated carbocycles. The number of aryl methyl sites for hydroxylation is 1. The molecule has 0 amide bonds. The molecular formula is C37H31BrClF3N6O3S. The Bertz CT molecular complexity index is 2240. The molecule has 0 bridgehead atoms. The smallest absolute Gasteiger partial charge is 0.418 e. The first-order valence-electron chi connectivity index (χ1n) is 16.0. The van der Waals surface area contributed by atoms with E-state index in [2.05, 4.69) is 31.2 Å². The summed E-state index contributed by atoms with van der Waals surface area (Å²) in [6, 6.07) is 18.0. The van der Waals surface area contributed by atoms with Crippen LogP contribution in [0.15, 0.2) is 88.2 Å². The Hall–Kier alpha value is -4.79. The SMILES string of the molecule is COc1ccc(CN(Cc2ccc(OC)cc2)c2cc(C)c(C(F)(F)F)c(-c3cc4c5c(c3Cl)=NCNC=5N(Cc3scnc3Br)C=CO4)n2)cc1. The number of nitrogens with one attached hydrogen (secondary N) is 1. The Morgan fingerprint density at radius 2 is 1.67 bits per heavy atom. The van der Waals surface area contributed by atoms with E-state index in [1.165, 1.54) is 36.7 Å². The number of ether oxygens (including phenoxy) is 3. The zero-order chi connectivity index (χ0) is 36.6. The monoisotopic (exact) mass is 810 g/mol. The lowest BCUT2D eigenvalue weighted by Crippen LogP contribution is -2.43. The third kappa shape index (κ3) is 7.14. The summed E-state index contributed by atoms with van der Waals surface area (Å²) in [5.41, 5.74) is 2.40. The van der Waals surface area contributed by atoms with Crippen LogP contribution in [-0.4, -0.2) is 35.8 Å². The Morgan fingerprint density at radius 1 is 1.02 bits per heavy atom. The summed E-state index contributed by atoms with van der Waals surface area (Å²) in [4.78, 5) is 18.5. The van der Waals surface area contributed by atoms with E-state index in [1.54, 1.807) is 25.9 Å². The molecule has 268 valence electrons. The largest absolute Gasteiger partial charge is 0.497 e. The second kappa shape index (κ2) is 14.7. The molecular weight excluding hydrogens is 781 g/mol. The average molecular weight is 812 g/mol. The van der Waals surface area contributed by atoms with Gasteiger partial charge in [0.15, 0.2) is 0 Å². The molecule has 0 saturated heterocycles. The molecule has 1 N–H and O–H groups in total. The molecule has 0 radical (unpaired) electrons. The molecule has 9 nitrogen and oxygen atoms in total.